The van der Waals surface area contributed by atoms with Crippen molar-refractivity contribution in [2.45, 2.75) is 20.4 Å². The van der Waals surface area contributed by atoms with E-state index in [1.54, 1.807) is 6.20 Å². The summed E-state index contributed by atoms with van der Waals surface area (Å²) in [5.74, 6) is 1.26. The number of benzene rings is 1. The van der Waals surface area contributed by atoms with Crippen molar-refractivity contribution >= 4 is 11.6 Å². The van der Waals surface area contributed by atoms with Crippen LogP contribution in [0.4, 0.5) is 5.69 Å². The van der Waals surface area contributed by atoms with E-state index >= 15 is 0 Å². The third-order valence-corrected chi connectivity index (χ3v) is 2.53. The van der Waals surface area contributed by atoms with Crippen LogP contribution in [0.1, 0.15) is 17.2 Å². The third kappa shape index (κ3) is 4.22. The molecule has 1 amide bonds. The van der Waals surface area contributed by atoms with Crippen molar-refractivity contribution in [2.75, 3.05) is 11.9 Å². The minimum atomic E-state index is -0.0890. The fourth-order valence-electron chi connectivity index (χ4n) is 1.69. The number of aryl methyl sites for hydroxylation is 2. The molecule has 2 aromatic rings. The quantitative estimate of drug-likeness (QED) is 0.862. The largest absolute Gasteiger partial charge is 0.445 e. The van der Waals surface area contributed by atoms with E-state index in [2.05, 4.69) is 15.6 Å². The molecular formula is C14H17N3O2. The zero-order valence-electron chi connectivity index (χ0n) is 11.1. The molecule has 1 aromatic carbocycles. The molecule has 0 spiro atoms. The van der Waals surface area contributed by atoms with Crippen LogP contribution in [0.15, 0.2) is 34.9 Å². The molecule has 1 heterocycles. The Morgan fingerprint density at radius 3 is 2.89 bits per heavy atom. The molecule has 2 rings (SSSR count). The zero-order valence-corrected chi connectivity index (χ0v) is 11.1. The first kappa shape index (κ1) is 13.3. The number of anilines is 1. The van der Waals surface area contributed by atoms with Crippen LogP contribution in [0, 0.1) is 13.8 Å². The van der Waals surface area contributed by atoms with Crippen molar-refractivity contribution < 1.29 is 9.21 Å². The van der Waals surface area contributed by atoms with E-state index in [0.717, 1.165) is 17.0 Å². The third-order valence-electron chi connectivity index (χ3n) is 2.53. The molecule has 0 fully saturated rings. The predicted octanol–water partition coefficient (Wildman–Crippen LogP) is 2.02. The molecule has 0 aliphatic heterocycles. The maximum absolute atomic E-state index is 11.7. The number of carbonyl (C=O) groups excluding carboxylic acids is 1. The second kappa shape index (κ2) is 6.15. The molecule has 0 atom stereocenters. The smallest absolute Gasteiger partial charge is 0.238 e. The molecule has 0 unspecified atom stereocenters. The number of oxazole rings is 1. The first-order valence-electron chi connectivity index (χ1n) is 6.12. The normalized spacial score (nSPS) is 10.4. The van der Waals surface area contributed by atoms with Crippen LogP contribution < -0.4 is 10.6 Å². The summed E-state index contributed by atoms with van der Waals surface area (Å²) in [5, 5.41) is 5.80. The predicted molar refractivity (Wildman–Crippen MR) is 72.8 cm³/mol. The minimum absolute atomic E-state index is 0.0890. The minimum Gasteiger partial charge on any atom is -0.445 e. The van der Waals surface area contributed by atoms with Crippen LogP contribution in [-0.2, 0) is 11.3 Å². The van der Waals surface area contributed by atoms with Gasteiger partial charge in [0.25, 0.3) is 0 Å². The van der Waals surface area contributed by atoms with Crippen LogP contribution in [-0.4, -0.2) is 17.4 Å². The van der Waals surface area contributed by atoms with Crippen LogP contribution in [0.3, 0.4) is 0 Å². The van der Waals surface area contributed by atoms with E-state index in [9.17, 15) is 4.79 Å². The van der Waals surface area contributed by atoms with Gasteiger partial charge in [-0.1, -0.05) is 12.1 Å². The molecule has 0 aliphatic rings. The number of nitrogens with zero attached hydrogens (tertiary/aromatic N) is 1. The molecule has 5 heteroatoms. The van der Waals surface area contributed by atoms with Gasteiger partial charge in [-0.05, 0) is 31.5 Å². The Bertz CT molecular complexity index is 563. The number of amides is 1. The number of hydrogen-bond acceptors (Lipinski definition) is 4. The van der Waals surface area contributed by atoms with Gasteiger partial charge in [0.1, 0.15) is 5.76 Å². The first-order valence-corrected chi connectivity index (χ1v) is 6.12. The van der Waals surface area contributed by atoms with Crippen molar-refractivity contribution in [3.05, 3.63) is 47.7 Å². The van der Waals surface area contributed by atoms with Crippen molar-refractivity contribution in [3.8, 4) is 0 Å². The second-order valence-electron chi connectivity index (χ2n) is 4.39. The highest BCUT2D eigenvalue weighted by molar-refractivity contribution is 5.92. The SMILES string of the molecule is Cc1cccc(NC(=O)CNCc2ncc(C)o2)c1. The van der Waals surface area contributed by atoms with Crippen molar-refractivity contribution in [2.24, 2.45) is 0 Å². The van der Waals surface area contributed by atoms with Crippen molar-refractivity contribution in [1.82, 2.24) is 10.3 Å². The topological polar surface area (TPSA) is 67.2 Å². The fourth-order valence-corrected chi connectivity index (χ4v) is 1.69. The van der Waals surface area contributed by atoms with Gasteiger partial charge in [0, 0.05) is 5.69 Å². The average molecular weight is 259 g/mol. The van der Waals surface area contributed by atoms with Gasteiger partial charge in [-0.3, -0.25) is 10.1 Å². The lowest BCUT2D eigenvalue weighted by atomic mass is 10.2. The van der Waals surface area contributed by atoms with E-state index < -0.39 is 0 Å². The van der Waals surface area contributed by atoms with E-state index in [1.165, 1.54) is 0 Å². The number of carbonyl (C=O) groups is 1. The summed E-state index contributed by atoms with van der Waals surface area (Å²) in [7, 11) is 0. The highest BCUT2D eigenvalue weighted by Crippen LogP contribution is 2.08. The number of hydrogen-bond donors (Lipinski definition) is 2. The lowest BCUT2D eigenvalue weighted by Gasteiger charge is -2.06. The van der Waals surface area contributed by atoms with Gasteiger partial charge in [-0.25, -0.2) is 4.98 Å². The lowest BCUT2D eigenvalue weighted by molar-refractivity contribution is -0.115. The number of rotatable bonds is 5. The van der Waals surface area contributed by atoms with Gasteiger partial charge < -0.3 is 9.73 Å². The Hall–Kier alpha value is -2.14. The Morgan fingerprint density at radius 1 is 1.37 bits per heavy atom. The molecule has 0 radical (unpaired) electrons. The van der Waals surface area contributed by atoms with E-state index in [-0.39, 0.29) is 12.5 Å². The maximum Gasteiger partial charge on any atom is 0.238 e. The van der Waals surface area contributed by atoms with E-state index in [0.29, 0.717) is 12.4 Å². The Kier molecular flexibility index (Phi) is 4.30. The number of aromatic nitrogens is 1. The highest BCUT2D eigenvalue weighted by atomic mass is 16.4. The van der Waals surface area contributed by atoms with Gasteiger partial charge in [0.2, 0.25) is 11.8 Å². The molecule has 5 nitrogen and oxygen atoms in total. The second-order valence-corrected chi connectivity index (χ2v) is 4.39. The van der Waals surface area contributed by atoms with Gasteiger partial charge in [0.15, 0.2) is 0 Å². The summed E-state index contributed by atoms with van der Waals surface area (Å²) in [6.45, 7) is 4.48. The average Bonchev–Trinajstić information content (AvgIpc) is 2.75. The standard InChI is InChI=1S/C14H17N3O2/c1-10-4-3-5-12(6-10)17-13(18)8-15-9-14-16-7-11(2)19-14/h3-7,15H,8-9H2,1-2H3,(H,17,18). The monoisotopic (exact) mass is 259 g/mol. The summed E-state index contributed by atoms with van der Waals surface area (Å²) >= 11 is 0. The first-order chi connectivity index (χ1) is 9.13. The molecule has 0 bridgehead atoms. The number of nitrogens with one attached hydrogen (secondary N) is 2. The Labute approximate surface area is 112 Å². The fraction of sp³-hybridized carbons (Fsp3) is 0.286. The van der Waals surface area contributed by atoms with Crippen LogP contribution >= 0.6 is 0 Å². The molecule has 100 valence electrons. The van der Waals surface area contributed by atoms with Gasteiger partial charge in [0.05, 0.1) is 19.3 Å². The molecular weight excluding hydrogens is 242 g/mol. The van der Waals surface area contributed by atoms with Gasteiger partial charge >= 0.3 is 0 Å². The van der Waals surface area contributed by atoms with Crippen LogP contribution in [0.5, 0.6) is 0 Å². The summed E-state index contributed by atoms with van der Waals surface area (Å²) in [4.78, 5) is 15.7. The summed E-state index contributed by atoms with van der Waals surface area (Å²) < 4.78 is 5.29. The van der Waals surface area contributed by atoms with Crippen LogP contribution in [0.25, 0.3) is 0 Å². The Morgan fingerprint density at radius 2 is 2.21 bits per heavy atom. The molecule has 19 heavy (non-hydrogen) atoms. The van der Waals surface area contributed by atoms with Gasteiger partial charge in [-0.15, -0.1) is 0 Å². The molecule has 1 aromatic heterocycles. The lowest BCUT2D eigenvalue weighted by Crippen LogP contribution is -2.27. The van der Waals surface area contributed by atoms with Crippen molar-refractivity contribution in [3.63, 3.8) is 0 Å². The van der Waals surface area contributed by atoms with E-state index in [1.807, 2.05) is 38.1 Å². The maximum atomic E-state index is 11.7. The summed E-state index contributed by atoms with van der Waals surface area (Å²) in [6, 6.07) is 7.68. The zero-order chi connectivity index (χ0) is 13.7. The molecule has 0 saturated carbocycles. The van der Waals surface area contributed by atoms with Crippen molar-refractivity contribution in [1.29, 1.82) is 0 Å². The molecule has 2 N–H and O–H groups in total. The summed E-state index contributed by atoms with van der Waals surface area (Å²) in [6.07, 6.45) is 1.66. The molecule has 0 aliphatic carbocycles. The Balaban J connectivity index is 1.76. The molecule has 0 saturated heterocycles. The van der Waals surface area contributed by atoms with Crippen LogP contribution in [0.2, 0.25) is 0 Å². The highest BCUT2D eigenvalue weighted by Gasteiger charge is 2.04. The van der Waals surface area contributed by atoms with Gasteiger partial charge in [-0.2, -0.15) is 0 Å². The summed E-state index contributed by atoms with van der Waals surface area (Å²) in [5.41, 5.74) is 1.92. The van der Waals surface area contributed by atoms with E-state index in [4.69, 9.17) is 4.42 Å².